The van der Waals surface area contributed by atoms with Gasteiger partial charge in [0.05, 0.1) is 31.2 Å². The summed E-state index contributed by atoms with van der Waals surface area (Å²) in [5.41, 5.74) is 5.55. The van der Waals surface area contributed by atoms with Gasteiger partial charge < -0.3 is 20.5 Å². The molecule has 1 fully saturated rings. The third-order valence-electron chi connectivity index (χ3n) is 3.12. The van der Waals surface area contributed by atoms with Gasteiger partial charge in [0.2, 0.25) is 0 Å². The molecule has 0 aromatic heterocycles. The Morgan fingerprint density at radius 3 is 2.90 bits per heavy atom. The molecule has 1 heterocycles. The highest BCUT2D eigenvalue weighted by atomic mass is 19.1. The van der Waals surface area contributed by atoms with Crippen molar-refractivity contribution in [1.29, 1.82) is 0 Å². The minimum absolute atomic E-state index is 0.114. The molecule has 0 saturated carbocycles. The van der Waals surface area contributed by atoms with Crippen LogP contribution in [0.15, 0.2) is 18.2 Å². The molecule has 108 valence electrons. The number of hydrogen-bond donors (Lipinski definition) is 2. The van der Waals surface area contributed by atoms with E-state index in [1.165, 1.54) is 17.0 Å². The minimum atomic E-state index is -1.03. The van der Waals surface area contributed by atoms with Gasteiger partial charge in [-0.2, -0.15) is 0 Å². The fraction of sp³-hybridized carbons (Fsp3) is 0.385. The number of ether oxygens (including phenoxy) is 1. The Bertz CT molecular complexity index is 535. The monoisotopic (exact) mass is 282 g/mol. The highest BCUT2D eigenvalue weighted by Gasteiger charge is 2.30. The van der Waals surface area contributed by atoms with Gasteiger partial charge in [0.1, 0.15) is 5.82 Å². The number of carboxylic acids is 1. The Labute approximate surface area is 114 Å². The van der Waals surface area contributed by atoms with Crippen LogP contribution in [0.4, 0.5) is 10.1 Å². The zero-order valence-electron chi connectivity index (χ0n) is 10.7. The van der Waals surface area contributed by atoms with Crippen LogP contribution in [0.3, 0.4) is 0 Å². The molecule has 0 radical (unpaired) electrons. The molecule has 1 saturated heterocycles. The van der Waals surface area contributed by atoms with Crippen LogP contribution in [0.5, 0.6) is 0 Å². The predicted octanol–water partition coefficient (Wildman–Crippen LogP) is 0.724. The van der Waals surface area contributed by atoms with Gasteiger partial charge in [0.15, 0.2) is 0 Å². The van der Waals surface area contributed by atoms with Gasteiger partial charge in [0.25, 0.3) is 5.91 Å². The minimum Gasteiger partial charge on any atom is -0.481 e. The smallest absolute Gasteiger partial charge is 0.305 e. The number of nitrogen functional groups attached to an aromatic ring is 1. The highest BCUT2D eigenvalue weighted by Crippen LogP contribution is 2.18. The van der Waals surface area contributed by atoms with Crippen molar-refractivity contribution in [1.82, 2.24) is 4.90 Å². The number of morpholine rings is 1. The average molecular weight is 282 g/mol. The third-order valence-corrected chi connectivity index (χ3v) is 3.12. The number of benzene rings is 1. The second kappa shape index (κ2) is 5.87. The third kappa shape index (κ3) is 3.05. The van der Waals surface area contributed by atoms with Crippen LogP contribution in [0.2, 0.25) is 0 Å². The van der Waals surface area contributed by atoms with Gasteiger partial charge in [-0.25, -0.2) is 4.39 Å². The van der Waals surface area contributed by atoms with E-state index in [2.05, 4.69) is 0 Å². The molecule has 0 spiro atoms. The summed E-state index contributed by atoms with van der Waals surface area (Å²) in [7, 11) is 0. The van der Waals surface area contributed by atoms with E-state index in [-0.39, 0.29) is 30.8 Å². The normalized spacial score (nSPS) is 18.9. The molecule has 1 unspecified atom stereocenters. The first-order valence-corrected chi connectivity index (χ1v) is 6.14. The number of hydrogen-bond acceptors (Lipinski definition) is 4. The van der Waals surface area contributed by atoms with Crippen molar-refractivity contribution in [3.8, 4) is 0 Å². The van der Waals surface area contributed by atoms with E-state index >= 15 is 0 Å². The molecule has 7 heteroatoms. The Kier molecular flexibility index (Phi) is 4.19. The summed E-state index contributed by atoms with van der Waals surface area (Å²) in [5.74, 6) is -2.29. The van der Waals surface area contributed by atoms with Gasteiger partial charge in [-0.1, -0.05) is 0 Å². The highest BCUT2D eigenvalue weighted by molar-refractivity contribution is 5.95. The lowest BCUT2D eigenvalue weighted by atomic mass is 10.1. The lowest BCUT2D eigenvalue weighted by Gasteiger charge is -2.34. The maximum atomic E-state index is 13.8. The SMILES string of the molecule is Nc1ccc(C(=O)N2CCOCC2CC(=O)O)c(F)c1. The van der Waals surface area contributed by atoms with E-state index < -0.39 is 23.7 Å². The van der Waals surface area contributed by atoms with E-state index in [9.17, 15) is 14.0 Å². The van der Waals surface area contributed by atoms with Crippen molar-refractivity contribution in [2.75, 3.05) is 25.5 Å². The second-order valence-electron chi connectivity index (χ2n) is 4.56. The van der Waals surface area contributed by atoms with Gasteiger partial charge in [-0.15, -0.1) is 0 Å². The second-order valence-corrected chi connectivity index (χ2v) is 4.56. The lowest BCUT2D eigenvalue weighted by molar-refractivity contribution is -0.139. The molecule has 6 nitrogen and oxygen atoms in total. The number of carboxylic acid groups (broad SMARTS) is 1. The van der Waals surface area contributed by atoms with Crippen LogP contribution >= 0.6 is 0 Å². The fourth-order valence-corrected chi connectivity index (χ4v) is 2.15. The number of carbonyl (C=O) groups is 2. The molecule has 1 atom stereocenters. The van der Waals surface area contributed by atoms with E-state index in [0.717, 1.165) is 6.07 Å². The Morgan fingerprint density at radius 2 is 2.25 bits per heavy atom. The number of anilines is 1. The number of halogens is 1. The largest absolute Gasteiger partial charge is 0.481 e. The first-order chi connectivity index (χ1) is 9.49. The number of nitrogens with two attached hydrogens (primary N) is 1. The maximum absolute atomic E-state index is 13.8. The van der Waals surface area contributed by atoms with Crippen LogP contribution in [0.1, 0.15) is 16.8 Å². The molecule has 3 N–H and O–H groups in total. The van der Waals surface area contributed by atoms with Gasteiger partial charge >= 0.3 is 5.97 Å². The van der Waals surface area contributed by atoms with Crippen molar-refractivity contribution in [3.05, 3.63) is 29.6 Å². The summed E-state index contributed by atoms with van der Waals surface area (Å²) in [6, 6.07) is 3.22. The maximum Gasteiger partial charge on any atom is 0.305 e. The first kappa shape index (κ1) is 14.3. The molecule has 20 heavy (non-hydrogen) atoms. The van der Waals surface area contributed by atoms with Crippen LogP contribution in [0.25, 0.3) is 0 Å². The van der Waals surface area contributed by atoms with Crippen molar-refractivity contribution >= 4 is 17.6 Å². The molecular weight excluding hydrogens is 267 g/mol. The zero-order chi connectivity index (χ0) is 14.7. The molecule has 2 rings (SSSR count). The number of rotatable bonds is 3. The van der Waals surface area contributed by atoms with Gasteiger partial charge in [0, 0.05) is 12.2 Å². The van der Waals surface area contributed by atoms with E-state index in [1.807, 2.05) is 0 Å². The predicted molar refractivity (Wildman–Crippen MR) is 68.7 cm³/mol. The van der Waals surface area contributed by atoms with Crippen LogP contribution in [-0.4, -0.2) is 47.7 Å². The molecule has 1 aliphatic rings. The van der Waals surface area contributed by atoms with E-state index in [1.54, 1.807) is 0 Å². The Morgan fingerprint density at radius 1 is 1.50 bits per heavy atom. The van der Waals surface area contributed by atoms with Crippen molar-refractivity contribution in [2.24, 2.45) is 0 Å². The van der Waals surface area contributed by atoms with Crippen molar-refractivity contribution in [3.63, 3.8) is 0 Å². The van der Waals surface area contributed by atoms with Crippen LogP contribution < -0.4 is 5.73 Å². The molecule has 1 aromatic carbocycles. The number of nitrogens with zero attached hydrogens (tertiary/aromatic N) is 1. The standard InChI is InChI=1S/C13H15FN2O4/c14-11-5-8(15)1-2-10(11)13(19)16-3-4-20-7-9(16)6-12(17)18/h1-2,5,9H,3-4,6-7,15H2,(H,17,18). The summed E-state index contributed by atoms with van der Waals surface area (Å²) >= 11 is 0. The summed E-state index contributed by atoms with van der Waals surface area (Å²) in [6.07, 6.45) is -0.234. The molecular formula is C13H15FN2O4. The summed E-state index contributed by atoms with van der Waals surface area (Å²) in [4.78, 5) is 24.5. The molecule has 1 aromatic rings. The summed E-state index contributed by atoms with van der Waals surface area (Å²) in [6.45, 7) is 0.674. The van der Waals surface area contributed by atoms with Gasteiger partial charge in [-0.3, -0.25) is 9.59 Å². The Balaban J connectivity index is 2.22. The van der Waals surface area contributed by atoms with E-state index in [4.69, 9.17) is 15.6 Å². The van der Waals surface area contributed by atoms with E-state index in [0.29, 0.717) is 6.61 Å². The molecule has 1 amide bonds. The quantitative estimate of drug-likeness (QED) is 0.797. The van der Waals surface area contributed by atoms with Gasteiger partial charge in [-0.05, 0) is 18.2 Å². The average Bonchev–Trinajstić information content (AvgIpc) is 2.38. The first-order valence-electron chi connectivity index (χ1n) is 6.14. The van der Waals surface area contributed by atoms with Crippen molar-refractivity contribution < 1.29 is 23.8 Å². The Hall–Kier alpha value is -2.15. The summed E-state index contributed by atoms with van der Waals surface area (Å²) in [5, 5.41) is 8.84. The zero-order valence-corrected chi connectivity index (χ0v) is 10.7. The summed E-state index contributed by atoms with van der Waals surface area (Å²) < 4.78 is 18.9. The fourth-order valence-electron chi connectivity index (χ4n) is 2.15. The van der Waals surface area contributed by atoms with Crippen LogP contribution in [-0.2, 0) is 9.53 Å². The number of carbonyl (C=O) groups excluding carboxylic acids is 1. The molecule has 1 aliphatic heterocycles. The van der Waals surface area contributed by atoms with Crippen molar-refractivity contribution in [2.45, 2.75) is 12.5 Å². The molecule has 0 bridgehead atoms. The lowest BCUT2D eigenvalue weighted by Crippen LogP contribution is -2.49. The topological polar surface area (TPSA) is 92.9 Å². The molecule has 0 aliphatic carbocycles. The number of aliphatic carboxylic acids is 1. The van der Waals surface area contributed by atoms with Crippen LogP contribution in [0, 0.1) is 5.82 Å². The number of amides is 1.